The summed E-state index contributed by atoms with van der Waals surface area (Å²) in [6.07, 6.45) is 5.55. The van der Waals surface area contributed by atoms with Gasteiger partial charge in [-0.05, 0) is 61.7 Å². The number of rotatable bonds is 11. The van der Waals surface area contributed by atoms with Crippen LogP contribution in [0.25, 0.3) is 10.8 Å². The van der Waals surface area contributed by atoms with Crippen LogP contribution in [0.1, 0.15) is 18.9 Å². The number of fused-ring (bicyclic) bond motifs is 1. The lowest BCUT2D eigenvalue weighted by Gasteiger charge is -2.31. The maximum Gasteiger partial charge on any atom is 0.324 e. The van der Waals surface area contributed by atoms with Crippen LogP contribution in [0.3, 0.4) is 0 Å². The molecule has 0 saturated carbocycles. The molecule has 0 aliphatic heterocycles. The van der Waals surface area contributed by atoms with Gasteiger partial charge in [0.2, 0.25) is 0 Å². The Morgan fingerprint density at radius 1 is 1.06 bits per heavy atom. The lowest BCUT2D eigenvalue weighted by atomic mass is 10.0. The number of terminal acetylenes is 1. The zero-order valence-corrected chi connectivity index (χ0v) is 20.7. The van der Waals surface area contributed by atoms with Gasteiger partial charge in [-0.3, -0.25) is 9.59 Å². The van der Waals surface area contributed by atoms with Crippen molar-refractivity contribution in [3.63, 3.8) is 0 Å². The highest BCUT2D eigenvalue weighted by atomic mass is 32.2. The van der Waals surface area contributed by atoms with Crippen LogP contribution < -0.4 is 13.9 Å². The molecule has 0 aromatic heterocycles. The first kappa shape index (κ1) is 25.8. The molecule has 0 fully saturated rings. The Bertz CT molecular complexity index is 1270. The maximum atomic E-state index is 11.8. The molecule has 0 amide bonds. The summed E-state index contributed by atoms with van der Waals surface area (Å²) in [5.41, 5.74) is 2.48. The predicted octanol–water partition coefficient (Wildman–Crippen LogP) is 5.06. The minimum atomic E-state index is -0.958. The van der Waals surface area contributed by atoms with E-state index in [2.05, 4.69) is 5.92 Å². The van der Waals surface area contributed by atoms with Crippen LogP contribution in [0.15, 0.2) is 59.5 Å². The average Bonchev–Trinajstić information content (AvgIpc) is 2.81. The number of carboxylic acids is 2. The molecule has 35 heavy (non-hydrogen) atoms. The van der Waals surface area contributed by atoms with Crippen LogP contribution in [0.5, 0.6) is 5.75 Å². The first-order chi connectivity index (χ1) is 16.7. The minimum absolute atomic E-state index is 0.0600. The molecule has 7 nitrogen and oxygen atoms in total. The van der Waals surface area contributed by atoms with Crippen molar-refractivity contribution in [2.75, 3.05) is 29.4 Å². The van der Waals surface area contributed by atoms with Crippen molar-refractivity contribution in [2.45, 2.75) is 31.2 Å². The van der Waals surface area contributed by atoms with E-state index in [1.165, 1.54) is 11.9 Å². The van der Waals surface area contributed by atoms with Gasteiger partial charge in [-0.15, -0.1) is 6.42 Å². The summed E-state index contributed by atoms with van der Waals surface area (Å²) in [5, 5.41) is 20.6. The molecule has 3 aromatic rings. The fourth-order valence-corrected chi connectivity index (χ4v) is 5.04. The second-order valence-corrected chi connectivity index (χ2v) is 9.18. The molecule has 2 N–H and O–H groups in total. The Hall–Kier alpha value is -3.83. The summed E-state index contributed by atoms with van der Waals surface area (Å²) in [5.74, 6) is 1.53. The summed E-state index contributed by atoms with van der Waals surface area (Å²) in [7, 11) is 1.61. The van der Waals surface area contributed by atoms with Crippen molar-refractivity contribution in [2.24, 2.45) is 0 Å². The number of aryl methyl sites for hydroxylation is 1. The van der Waals surface area contributed by atoms with Crippen molar-refractivity contribution >= 4 is 46.0 Å². The number of ether oxygens (including phenoxy) is 1. The van der Waals surface area contributed by atoms with E-state index in [9.17, 15) is 19.8 Å². The predicted molar refractivity (Wildman–Crippen MR) is 140 cm³/mol. The molecule has 0 heterocycles. The Labute approximate surface area is 209 Å². The number of hydrogen-bond acceptors (Lipinski definition) is 6. The van der Waals surface area contributed by atoms with Crippen LogP contribution in [0.2, 0.25) is 0 Å². The van der Waals surface area contributed by atoms with Crippen LogP contribution >= 0.6 is 11.9 Å². The summed E-state index contributed by atoms with van der Waals surface area (Å²) < 4.78 is 7.08. The number of nitrogens with zero attached hydrogens (tertiary/aromatic N) is 2. The quantitative estimate of drug-likeness (QED) is 0.284. The highest BCUT2D eigenvalue weighted by molar-refractivity contribution is 8.00. The highest BCUT2D eigenvalue weighted by Crippen LogP contribution is 2.39. The van der Waals surface area contributed by atoms with Gasteiger partial charge in [-0.2, -0.15) is 0 Å². The first-order valence-electron chi connectivity index (χ1n) is 11.0. The topological polar surface area (TPSA) is 90.3 Å². The molecule has 0 aliphatic carbocycles. The third-order valence-corrected chi connectivity index (χ3v) is 6.59. The van der Waals surface area contributed by atoms with E-state index < -0.39 is 11.9 Å². The fourth-order valence-electron chi connectivity index (χ4n) is 4.00. The zero-order valence-electron chi connectivity index (χ0n) is 19.9. The van der Waals surface area contributed by atoms with Crippen molar-refractivity contribution in [1.29, 1.82) is 0 Å². The SMILES string of the molecule is C#CCN(c1ccc(N(CC(=O)O)Sc2ccc(OC)c(C)c2)c2ccccc12)[C@@H](C)CC(=O)O. The number of anilines is 2. The lowest BCUT2D eigenvalue weighted by molar-refractivity contribution is -0.137. The molecule has 0 spiro atoms. The Morgan fingerprint density at radius 3 is 2.29 bits per heavy atom. The normalized spacial score (nSPS) is 11.5. The summed E-state index contributed by atoms with van der Waals surface area (Å²) in [4.78, 5) is 25.9. The third-order valence-electron chi connectivity index (χ3n) is 5.58. The smallest absolute Gasteiger partial charge is 0.324 e. The lowest BCUT2D eigenvalue weighted by Crippen LogP contribution is -2.35. The second-order valence-electron chi connectivity index (χ2n) is 8.08. The third kappa shape index (κ3) is 6.19. The fraction of sp³-hybridized carbons (Fsp3) is 0.259. The molecule has 0 saturated heterocycles. The van der Waals surface area contributed by atoms with Gasteiger partial charge < -0.3 is 24.2 Å². The molecule has 0 radical (unpaired) electrons. The molecule has 182 valence electrons. The minimum Gasteiger partial charge on any atom is -0.496 e. The Balaban J connectivity index is 2.09. The first-order valence-corrected chi connectivity index (χ1v) is 11.8. The number of benzene rings is 3. The van der Waals surface area contributed by atoms with Crippen molar-refractivity contribution in [3.8, 4) is 18.1 Å². The Kier molecular flexibility index (Phi) is 8.50. The molecular formula is C27H28N2O5S. The largest absolute Gasteiger partial charge is 0.496 e. The van der Waals surface area contributed by atoms with Crippen LogP contribution in [-0.4, -0.2) is 48.4 Å². The monoisotopic (exact) mass is 492 g/mol. The number of hydrogen-bond donors (Lipinski definition) is 2. The number of carboxylic acid groups (broad SMARTS) is 2. The molecule has 0 unspecified atom stereocenters. The number of methoxy groups -OCH3 is 1. The van der Waals surface area contributed by atoms with Crippen LogP contribution in [0.4, 0.5) is 11.4 Å². The standard InChI is InChI=1S/C27H28N2O5S/c1-5-14-28(19(3)16-26(30)31)23-11-12-24(22-9-7-6-8-21(22)23)29(17-27(32)33)35-20-10-13-25(34-4)18(2)15-20/h1,6-13,15,19H,14,16-17H2,2-4H3,(H,30,31)(H,32,33)/t19-/m0/s1. The van der Waals surface area contributed by atoms with Crippen LogP contribution in [0, 0.1) is 19.3 Å². The van der Waals surface area contributed by atoms with Gasteiger partial charge in [0.15, 0.2) is 0 Å². The molecule has 0 aliphatic rings. The average molecular weight is 493 g/mol. The van der Waals surface area contributed by atoms with Crippen LogP contribution in [-0.2, 0) is 9.59 Å². The van der Waals surface area contributed by atoms with Gasteiger partial charge in [-0.25, -0.2) is 0 Å². The van der Waals surface area contributed by atoms with Gasteiger partial charge in [0, 0.05) is 27.4 Å². The van der Waals surface area contributed by atoms with E-state index in [4.69, 9.17) is 11.2 Å². The van der Waals surface area contributed by atoms with Gasteiger partial charge in [0.25, 0.3) is 0 Å². The van der Waals surface area contributed by atoms with E-state index in [0.29, 0.717) is 0 Å². The summed E-state index contributed by atoms with van der Waals surface area (Å²) >= 11 is 1.33. The summed E-state index contributed by atoms with van der Waals surface area (Å²) in [6.45, 7) is 3.79. The van der Waals surface area contributed by atoms with Gasteiger partial charge in [-0.1, -0.05) is 30.2 Å². The zero-order chi connectivity index (χ0) is 25.5. The van der Waals surface area contributed by atoms with Crippen molar-refractivity contribution in [3.05, 3.63) is 60.2 Å². The molecule has 3 aromatic carbocycles. The molecule has 0 bridgehead atoms. The number of carbonyl (C=O) groups is 2. The second kappa shape index (κ2) is 11.5. The highest BCUT2D eigenvalue weighted by Gasteiger charge is 2.22. The van der Waals surface area contributed by atoms with E-state index in [1.807, 2.05) is 73.3 Å². The number of aliphatic carboxylic acids is 2. The summed E-state index contributed by atoms with van der Waals surface area (Å²) in [6, 6.07) is 16.8. The van der Waals surface area contributed by atoms with E-state index in [1.54, 1.807) is 11.4 Å². The Morgan fingerprint density at radius 2 is 1.71 bits per heavy atom. The van der Waals surface area contributed by atoms with Crippen molar-refractivity contribution in [1.82, 2.24) is 0 Å². The maximum absolute atomic E-state index is 11.8. The van der Waals surface area contributed by atoms with E-state index in [0.717, 1.165) is 38.4 Å². The molecule has 1 atom stereocenters. The van der Waals surface area contributed by atoms with Gasteiger partial charge in [0.05, 0.1) is 25.8 Å². The van der Waals surface area contributed by atoms with Gasteiger partial charge >= 0.3 is 11.9 Å². The van der Waals surface area contributed by atoms with Gasteiger partial charge in [0.1, 0.15) is 12.3 Å². The molecular weight excluding hydrogens is 464 g/mol. The van der Waals surface area contributed by atoms with E-state index in [-0.39, 0.29) is 25.6 Å². The van der Waals surface area contributed by atoms with Crippen molar-refractivity contribution < 1.29 is 24.5 Å². The van der Waals surface area contributed by atoms with E-state index >= 15 is 0 Å². The molecule has 8 heteroatoms. The molecule has 3 rings (SSSR count).